The molecule has 1 saturated heterocycles. The molecule has 0 bridgehead atoms. The number of nitrogens with one attached hydrogen (secondary N) is 1. The zero-order valence-corrected chi connectivity index (χ0v) is 16.7. The number of rotatable bonds is 9. The van der Waals surface area contributed by atoms with E-state index in [0.717, 1.165) is 38.4 Å². The van der Waals surface area contributed by atoms with Gasteiger partial charge in [-0.2, -0.15) is 0 Å². The van der Waals surface area contributed by atoms with Crippen molar-refractivity contribution in [2.45, 2.75) is 58.5 Å². The molecule has 0 spiro atoms. The van der Waals surface area contributed by atoms with Gasteiger partial charge in [-0.25, -0.2) is 4.79 Å². The summed E-state index contributed by atoms with van der Waals surface area (Å²) in [5.74, 6) is 2.46. The van der Waals surface area contributed by atoms with Crippen LogP contribution < -0.4 is 5.32 Å². The van der Waals surface area contributed by atoms with Gasteiger partial charge in [0.15, 0.2) is 0 Å². The molecule has 2 aliphatic carbocycles. The lowest BCUT2D eigenvalue weighted by atomic mass is 9.99. The molecular weight excluding hydrogens is 330 g/mol. The molecule has 0 aromatic carbocycles. The Balaban J connectivity index is 1.53. The summed E-state index contributed by atoms with van der Waals surface area (Å²) in [6.07, 6.45) is 4.21. The van der Waals surface area contributed by atoms with Gasteiger partial charge in [0, 0.05) is 44.7 Å². The van der Waals surface area contributed by atoms with Crippen molar-refractivity contribution in [1.29, 1.82) is 0 Å². The highest BCUT2D eigenvalue weighted by atomic mass is 16.5. The van der Waals surface area contributed by atoms with Crippen LogP contribution in [0.2, 0.25) is 0 Å². The third-order valence-electron chi connectivity index (χ3n) is 6.61. The topological polar surface area (TPSA) is 61.9 Å². The van der Waals surface area contributed by atoms with Crippen molar-refractivity contribution in [3.63, 3.8) is 0 Å². The van der Waals surface area contributed by atoms with E-state index < -0.39 is 0 Å². The van der Waals surface area contributed by atoms with E-state index in [2.05, 4.69) is 17.1 Å². The number of alkyl carbamates (subject to hydrolysis) is 1. The maximum atomic E-state index is 12.4. The molecule has 6 nitrogen and oxygen atoms in total. The third-order valence-corrected chi connectivity index (χ3v) is 6.61. The summed E-state index contributed by atoms with van der Waals surface area (Å²) in [5, 5.41) is 3.03. The number of ether oxygens (including phenoxy) is 1. The summed E-state index contributed by atoms with van der Waals surface area (Å²) < 4.78 is 5.05. The second-order valence-electron chi connectivity index (χ2n) is 8.27. The van der Waals surface area contributed by atoms with Gasteiger partial charge in [-0.3, -0.25) is 9.69 Å². The summed E-state index contributed by atoms with van der Waals surface area (Å²) in [5.41, 5.74) is 0. The largest absolute Gasteiger partial charge is 0.450 e. The van der Waals surface area contributed by atoms with Crippen LogP contribution in [-0.4, -0.2) is 67.2 Å². The van der Waals surface area contributed by atoms with E-state index in [0.29, 0.717) is 30.4 Å². The average Bonchev–Trinajstić information content (AvgIpc) is 3.54. The highest BCUT2D eigenvalue weighted by Gasteiger charge is 2.61. The molecule has 0 aromatic heterocycles. The molecule has 1 unspecified atom stereocenters. The molecule has 148 valence electrons. The van der Waals surface area contributed by atoms with E-state index in [4.69, 9.17) is 4.74 Å². The maximum Gasteiger partial charge on any atom is 0.407 e. The number of hydrogen-bond donors (Lipinski definition) is 1. The molecular formula is C20H35N3O3. The zero-order chi connectivity index (χ0) is 18.8. The fraction of sp³-hybridized carbons (Fsp3) is 0.900. The van der Waals surface area contributed by atoms with Gasteiger partial charge in [-0.1, -0.05) is 6.92 Å². The first kappa shape index (κ1) is 19.5. The number of carbonyl (C=O) groups is 2. The molecule has 0 aromatic rings. The molecule has 2 saturated carbocycles. The first-order chi connectivity index (χ1) is 12.5. The normalized spacial score (nSPS) is 29.6. The Kier molecular flexibility index (Phi) is 6.10. The van der Waals surface area contributed by atoms with E-state index in [1.165, 1.54) is 12.8 Å². The van der Waals surface area contributed by atoms with Crippen LogP contribution in [0, 0.1) is 23.7 Å². The van der Waals surface area contributed by atoms with Gasteiger partial charge in [-0.15, -0.1) is 0 Å². The molecule has 0 radical (unpaired) electrons. The number of likely N-dealkylation sites (tertiary alicyclic amines) is 1. The Bertz CT molecular complexity index is 510. The van der Waals surface area contributed by atoms with Gasteiger partial charge in [0.2, 0.25) is 5.91 Å². The van der Waals surface area contributed by atoms with Crippen molar-refractivity contribution in [3.8, 4) is 0 Å². The molecule has 1 aliphatic heterocycles. The molecule has 2 amide bonds. The molecule has 1 heterocycles. The highest BCUT2D eigenvalue weighted by molar-refractivity contribution is 5.82. The lowest BCUT2D eigenvalue weighted by Gasteiger charge is -2.33. The first-order valence-electron chi connectivity index (χ1n) is 10.4. The van der Waals surface area contributed by atoms with E-state index >= 15 is 0 Å². The van der Waals surface area contributed by atoms with Crippen LogP contribution in [0.3, 0.4) is 0 Å². The van der Waals surface area contributed by atoms with Crippen molar-refractivity contribution >= 4 is 12.0 Å². The van der Waals surface area contributed by atoms with Crippen LogP contribution in [-0.2, 0) is 9.53 Å². The minimum atomic E-state index is -0.300. The summed E-state index contributed by atoms with van der Waals surface area (Å²) in [6.45, 7) is 9.29. The van der Waals surface area contributed by atoms with Crippen molar-refractivity contribution in [2.75, 3.05) is 33.3 Å². The quantitative estimate of drug-likeness (QED) is 0.681. The van der Waals surface area contributed by atoms with Gasteiger partial charge in [-0.05, 0) is 57.3 Å². The molecule has 3 rings (SSSR count). The second-order valence-corrected chi connectivity index (χ2v) is 8.27. The lowest BCUT2D eigenvalue weighted by molar-refractivity contribution is -0.132. The van der Waals surface area contributed by atoms with Crippen LogP contribution in [0.15, 0.2) is 0 Å². The van der Waals surface area contributed by atoms with Crippen molar-refractivity contribution in [2.24, 2.45) is 23.7 Å². The number of hydrogen-bond acceptors (Lipinski definition) is 4. The molecule has 3 fully saturated rings. The third kappa shape index (κ3) is 4.16. The number of carbonyl (C=O) groups excluding carboxylic acids is 2. The zero-order valence-electron chi connectivity index (χ0n) is 16.7. The highest BCUT2D eigenvalue weighted by Crippen LogP contribution is 2.54. The standard InChI is InChI=1S/C20H35N3O3/c1-5-14(21-20(25)26-7-3)10-17(13-8-9-13)23-11-15-16(12-23)18(15)19(24)22(4)6-2/h13-18H,5-12H2,1-4H3,(H,21,25)/t14-,15-,16+,17?,18+/m1/s1. The monoisotopic (exact) mass is 365 g/mol. The summed E-state index contributed by atoms with van der Waals surface area (Å²) >= 11 is 0. The minimum absolute atomic E-state index is 0.167. The van der Waals surface area contributed by atoms with E-state index in [9.17, 15) is 9.59 Å². The van der Waals surface area contributed by atoms with E-state index in [1.54, 1.807) is 0 Å². The SMILES string of the molecule is CCOC(=O)N[C@H](CC)CC(C1CC1)N1C[C@@H]2[C@H](C1)[C@H]2C(=O)N(C)CC. The Morgan fingerprint density at radius 1 is 1.19 bits per heavy atom. The number of fused-ring (bicyclic) bond motifs is 1. The van der Waals surface area contributed by atoms with Crippen LogP contribution in [0.5, 0.6) is 0 Å². The van der Waals surface area contributed by atoms with Gasteiger partial charge in [0.25, 0.3) is 0 Å². The van der Waals surface area contributed by atoms with Crippen molar-refractivity contribution < 1.29 is 14.3 Å². The lowest BCUT2D eigenvalue weighted by Crippen LogP contribution is -2.45. The fourth-order valence-electron chi connectivity index (χ4n) is 4.69. The maximum absolute atomic E-state index is 12.4. The number of nitrogens with zero attached hydrogens (tertiary/aromatic N) is 2. The Morgan fingerprint density at radius 3 is 2.35 bits per heavy atom. The molecule has 6 heteroatoms. The second kappa shape index (κ2) is 8.15. The van der Waals surface area contributed by atoms with Crippen LogP contribution >= 0.6 is 0 Å². The van der Waals surface area contributed by atoms with Crippen molar-refractivity contribution in [1.82, 2.24) is 15.1 Å². The molecule has 1 N–H and O–H groups in total. The fourth-order valence-corrected chi connectivity index (χ4v) is 4.69. The van der Waals surface area contributed by atoms with Crippen LogP contribution in [0.4, 0.5) is 4.79 Å². The number of amides is 2. The molecule has 5 atom stereocenters. The average molecular weight is 366 g/mol. The minimum Gasteiger partial charge on any atom is -0.450 e. The Morgan fingerprint density at radius 2 is 1.85 bits per heavy atom. The Hall–Kier alpha value is -1.30. The predicted molar refractivity (Wildman–Crippen MR) is 101 cm³/mol. The summed E-state index contributed by atoms with van der Waals surface area (Å²) in [6, 6.07) is 0.703. The van der Waals surface area contributed by atoms with Gasteiger partial charge < -0.3 is 15.0 Å². The smallest absolute Gasteiger partial charge is 0.407 e. The first-order valence-corrected chi connectivity index (χ1v) is 10.4. The van der Waals surface area contributed by atoms with Gasteiger partial charge in [0.1, 0.15) is 0 Å². The summed E-state index contributed by atoms with van der Waals surface area (Å²) in [7, 11) is 1.91. The molecule has 26 heavy (non-hydrogen) atoms. The molecule has 3 aliphatic rings. The van der Waals surface area contributed by atoms with Gasteiger partial charge >= 0.3 is 6.09 Å². The van der Waals surface area contributed by atoms with E-state index in [-0.39, 0.29) is 18.1 Å². The predicted octanol–water partition coefficient (Wildman–Crippen LogP) is 2.34. The van der Waals surface area contributed by atoms with Gasteiger partial charge in [0.05, 0.1) is 6.61 Å². The Labute approximate surface area is 157 Å². The van der Waals surface area contributed by atoms with Crippen molar-refractivity contribution in [3.05, 3.63) is 0 Å². The van der Waals surface area contributed by atoms with E-state index in [1.807, 2.05) is 25.8 Å². The number of piperidine rings is 1. The van der Waals surface area contributed by atoms with Crippen LogP contribution in [0.25, 0.3) is 0 Å². The van der Waals surface area contributed by atoms with Crippen LogP contribution in [0.1, 0.15) is 46.5 Å². The summed E-state index contributed by atoms with van der Waals surface area (Å²) in [4.78, 5) is 28.7.